The van der Waals surface area contributed by atoms with E-state index in [4.69, 9.17) is 9.47 Å². The first kappa shape index (κ1) is 22.0. The fourth-order valence-corrected chi connectivity index (χ4v) is 3.04. The molecule has 156 valence electrons. The van der Waals surface area contributed by atoms with Crippen molar-refractivity contribution in [1.29, 1.82) is 0 Å². The number of nitrogens with one attached hydrogen (secondary N) is 3. The average molecular weight is 421 g/mol. The van der Waals surface area contributed by atoms with E-state index in [1.54, 1.807) is 18.2 Å². The van der Waals surface area contributed by atoms with Gasteiger partial charge in [-0.25, -0.2) is 8.42 Å². The molecule has 0 saturated heterocycles. The van der Waals surface area contributed by atoms with Gasteiger partial charge in [-0.3, -0.25) is 14.3 Å². The lowest BCUT2D eigenvalue weighted by molar-refractivity contribution is -0.114. The van der Waals surface area contributed by atoms with Gasteiger partial charge < -0.3 is 20.1 Å². The second-order valence-corrected chi connectivity index (χ2v) is 7.82. The van der Waals surface area contributed by atoms with Crippen molar-refractivity contribution in [2.24, 2.45) is 0 Å². The van der Waals surface area contributed by atoms with Crippen molar-refractivity contribution in [2.45, 2.75) is 6.92 Å². The maximum atomic E-state index is 12.6. The van der Waals surface area contributed by atoms with Crippen LogP contribution in [-0.4, -0.2) is 46.7 Å². The predicted octanol–water partition coefficient (Wildman–Crippen LogP) is 1.83. The van der Waals surface area contributed by atoms with Crippen molar-refractivity contribution >= 4 is 33.2 Å². The third-order valence-corrected chi connectivity index (χ3v) is 4.18. The standard InChI is InChI=1S/C19H23N3O6S/c1-13(23)21-14-8-9-16(22-29(3,25)26)15(12-14)19(24)20-10-11-28-18-7-5-4-6-17(18)27-2/h4-9,12,22H,10-11H2,1-3H3,(H,20,24)(H,21,23). The number of ether oxygens (including phenoxy) is 2. The summed E-state index contributed by atoms with van der Waals surface area (Å²) in [5.41, 5.74) is 0.538. The topological polar surface area (TPSA) is 123 Å². The van der Waals surface area contributed by atoms with E-state index in [1.807, 2.05) is 6.07 Å². The molecule has 0 unspecified atom stereocenters. The molecule has 0 heterocycles. The number of benzene rings is 2. The Kier molecular flexibility index (Phi) is 7.43. The Balaban J connectivity index is 2.08. The van der Waals surface area contributed by atoms with Crippen LogP contribution in [0.25, 0.3) is 0 Å². The van der Waals surface area contributed by atoms with Crippen LogP contribution in [0.5, 0.6) is 11.5 Å². The molecule has 0 aromatic heterocycles. The number of para-hydroxylation sites is 2. The van der Waals surface area contributed by atoms with E-state index in [9.17, 15) is 18.0 Å². The summed E-state index contributed by atoms with van der Waals surface area (Å²) in [6, 6.07) is 11.4. The van der Waals surface area contributed by atoms with Gasteiger partial charge in [0.15, 0.2) is 11.5 Å². The van der Waals surface area contributed by atoms with Gasteiger partial charge in [-0.2, -0.15) is 0 Å². The molecule has 29 heavy (non-hydrogen) atoms. The van der Waals surface area contributed by atoms with E-state index >= 15 is 0 Å². The molecule has 3 N–H and O–H groups in total. The fraction of sp³-hybridized carbons (Fsp3) is 0.263. The van der Waals surface area contributed by atoms with Crippen LogP contribution in [0.1, 0.15) is 17.3 Å². The minimum atomic E-state index is -3.59. The Morgan fingerprint density at radius 1 is 1.07 bits per heavy atom. The second-order valence-electron chi connectivity index (χ2n) is 6.07. The Labute approximate surface area is 169 Å². The number of sulfonamides is 1. The lowest BCUT2D eigenvalue weighted by Gasteiger charge is -2.14. The van der Waals surface area contributed by atoms with Crippen molar-refractivity contribution < 1.29 is 27.5 Å². The highest BCUT2D eigenvalue weighted by Gasteiger charge is 2.15. The van der Waals surface area contributed by atoms with Crippen LogP contribution in [0.15, 0.2) is 42.5 Å². The van der Waals surface area contributed by atoms with Crippen LogP contribution in [0.3, 0.4) is 0 Å². The number of methoxy groups -OCH3 is 1. The zero-order chi connectivity index (χ0) is 21.4. The van der Waals surface area contributed by atoms with Crippen LogP contribution in [0.4, 0.5) is 11.4 Å². The maximum absolute atomic E-state index is 12.6. The highest BCUT2D eigenvalue weighted by atomic mass is 32.2. The number of hydrogen-bond acceptors (Lipinski definition) is 6. The van der Waals surface area contributed by atoms with Crippen molar-refractivity contribution in [3.05, 3.63) is 48.0 Å². The van der Waals surface area contributed by atoms with E-state index in [2.05, 4.69) is 15.4 Å². The molecule has 10 heteroatoms. The lowest BCUT2D eigenvalue weighted by Crippen LogP contribution is -2.29. The first-order valence-corrected chi connectivity index (χ1v) is 10.5. The van der Waals surface area contributed by atoms with Gasteiger partial charge in [-0.05, 0) is 30.3 Å². The van der Waals surface area contributed by atoms with Crippen LogP contribution < -0.4 is 24.8 Å². The average Bonchev–Trinajstić information content (AvgIpc) is 2.65. The van der Waals surface area contributed by atoms with E-state index in [0.29, 0.717) is 17.2 Å². The number of anilines is 2. The summed E-state index contributed by atoms with van der Waals surface area (Å²) < 4.78 is 36.2. The number of rotatable bonds is 9. The Hall–Kier alpha value is -3.27. The zero-order valence-corrected chi connectivity index (χ0v) is 17.1. The molecular formula is C19H23N3O6S. The van der Waals surface area contributed by atoms with Crippen molar-refractivity contribution in [1.82, 2.24) is 5.32 Å². The van der Waals surface area contributed by atoms with Crippen LogP contribution in [0, 0.1) is 0 Å². The summed E-state index contributed by atoms with van der Waals surface area (Å²) in [5, 5.41) is 5.22. The van der Waals surface area contributed by atoms with Crippen molar-refractivity contribution in [3.8, 4) is 11.5 Å². The molecular weight excluding hydrogens is 398 g/mol. The second kappa shape index (κ2) is 9.78. The monoisotopic (exact) mass is 421 g/mol. The summed E-state index contributed by atoms with van der Waals surface area (Å²) in [4.78, 5) is 23.8. The Morgan fingerprint density at radius 3 is 2.38 bits per heavy atom. The van der Waals surface area contributed by atoms with E-state index < -0.39 is 15.9 Å². The molecule has 2 aromatic carbocycles. The molecule has 2 aromatic rings. The SMILES string of the molecule is COc1ccccc1OCCNC(=O)c1cc(NC(C)=O)ccc1NS(C)(=O)=O. The molecule has 2 amide bonds. The van der Waals surface area contributed by atoms with Crippen molar-refractivity contribution in [2.75, 3.05) is 36.6 Å². The third-order valence-electron chi connectivity index (χ3n) is 3.59. The summed E-state index contributed by atoms with van der Waals surface area (Å²) in [7, 11) is -2.06. The molecule has 0 bridgehead atoms. The van der Waals surface area contributed by atoms with E-state index in [1.165, 1.54) is 32.2 Å². The Bertz CT molecular complexity index is 991. The van der Waals surface area contributed by atoms with Gasteiger partial charge in [-0.15, -0.1) is 0 Å². The maximum Gasteiger partial charge on any atom is 0.253 e. The van der Waals surface area contributed by atoms with Crippen LogP contribution in [0.2, 0.25) is 0 Å². The molecule has 0 spiro atoms. The van der Waals surface area contributed by atoms with Crippen molar-refractivity contribution in [3.63, 3.8) is 0 Å². The molecule has 0 fully saturated rings. The number of carbonyl (C=O) groups excluding carboxylic acids is 2. The van der Waals surface area contributed by atoms with Crippen LogP contribution in [-0.2, 0) is 14.8 Å². The number of hydrogen-bond donors (Lipinski definition) is 3. The summed E-state index contributed by atoms with van der Waals surface area (Å²) in [6.45, 7) is 1.67. The highest BCUT2D eigenvalue weighted by molar-refractivity contribution is 7.92. The van der Waals surface area contributed by atoms with E-state index in [0.717, 1.165) is 6.26 Å². The van der Waals surface area contributed by atoms with Gasteiger partial charge in [0, 0.05) is 12.6 Å². The molecule has 2 rings (SSSR count). The van der Waals surface area contributed by atoms with Gasteiger partial charge in [0.1, 0.15) is 6.61 Å². The lowest BCUT2D eigenvalue weighted by atomic mass is 10.1. The van der Waals surface area contributed by atoms with Gasteiger partial charge in [0.2, 0.25) is 15.9 Å². The largest absolute Gasteiger partial charge is 0.493 e. The normalized spacial score (nSPS) is 10.7. The summed E-state index contributed by atoms with van der Waals surface area (Å²) >= 11 is 0. The number of carbonyl (C=O) groups is 2. The molecule has 9 nitrogen and oxygen atoms in total. The molecule has 0 aliphatic rings. The molecule has 0 saturated carbocycles. The highest BCUT2D eigenvalue weighted by Crippen LogP contribution is 2.25. The Morgan fingerprint density at radius 2 is 1.76 bits per heavy atom. The van der Waals surface area contributed by atoms with Gasteiger partial charge in [-0.1, -0.05) is 12.1 Å². The quantitative estimate of drug-likeness (QED) is 0.531. The van der Waals surface area contributed by atoms with Crippen LogP contribution >= 0.6 is 0 Å². The molecule has 0 atom stereocenters. The summed E-state index contributed by atoms with van der Waals surface area (Å²) in [6.07, 6.45) is 0.984. The fourth-order valence-electron chi connectivity index (χ4n) is 2.46. The first-order chi connectivity index (χ1) is 13.7. The molecule has 0 radical (unpaired) electrons. The molecule has 0 aliphatic heterocycles. The zero-order valence-electron chi connectivity index (χ0n) is 16.3. The number of amides is 2. The molecule has 0 aliphatic carbocycles. The smallest absolute Gasteiger partial charge is 0.253 e. The van der Waals surface area contributed by atoms with Gasteiger partial charge in [0.25, 0.3) is 5.91 Å². The minimum absolute atomic E-state index is 0.0685. The van der Waals surface area contributed by atoms with Gasteiger partial charge in [0.05, 0.1) is 31.2 Å². The summed E-state index contributed by atoms with van der Waals surface area (Å²) in [5.74, 6) is 0.273. The van der Waals surface area contributed by atoms with Gasteiger partial charge >= 0.3 is 0 Å². The van der Waals surface area contributed by atoms with E-state index in [-0.39, 0.29) is 30.3 Å². The first-order valence-electron chi connectivity index (χ1n) is 8.63. The minimum Gasteiger partial charge on any atom is -0.493 e. The predicted molar refractivity (Wildman–Crippen MR) is 110 cm³/mol. The third kappa shape index (κ3) is 7.00.